The number of rotatable bonds is 19. The zero-order valence-electron chi connectivity index (χ0n) is 22.4. The van der Waals surface area contributed by atoms with Gasteiger partial charge in [-0.3, -0.25) is 5.32 Å². The number of benzene rings is 1. The van der Waals surface area contributed by atoms with E-state index in [0.717, 1.165) is 77.0 Å². The highest BCUT2D eigenvalue weighted by Gasteiger charge is 2.17. The van der Waals surface area contributed by atoms with Crippen LogP contribution in [-0.2, 0) is 14.2 Å². The van der Waals surface area contributed by atoms with Crippen LogP contribution < -0.4 is 10.1 Å². The summed E-state index contributed by atoms with van der Waals surface area (Å²) in [5, 5.41) is 2.57. The lowest BCUT2D eigenvalue weighted by Gasteiger charge is -2.13. The molecule has 0 aliphatic rings. The lowest BCUT2D eigenvalue weighted by molar-refractivity contribution is 0.0497. The average Bonchev–Trinajstić information content (AvgIpc) is 2.86. The number of esters is 1. The van der Waals surface area contributed by atoms with Crippen LogP contribution >= 0.6 is 0 Å². The molecule has 0 radical (unpaired) electrons. The second-order valence-electron chi connectivity index (χ2n) is 8.84. The van der Waals surface area contributed by atoms with Crippen molar-refractivity contribution in [2.24, 2.45) is 0 Å². The maximum Gasteiger partial charge on any atom is 0.513 e. The summed E-state index contributed by atoms with van der Waals surface area (Å²) in [6, 6.07) is 4.35. The normalized spacial score (nSPS) is 10.5. The van der Waals surface area contributed by atoms with Crippen LogP contribution in [0.3, 0.4) is 0 Å². The third-order valence-electron chi connectivity index (χ3n) is 5.58. The summed E-state index contributed by atoms with van der Waals surface area (Å²) in [6.07, 6.45) is 11.5. The molecule has 0 atom stereocenters. The highest BCUT2D eigenvalue weighted by Crippen LogP contribution is 2.27. The second-order valence-corrected chi connectivity index (χ2v) is 8.84. The minimum absolute atomic E-state index is 0.0626. The minimum Gasteiger partial charge on any atom is -0.462 e. The third kappa shape index (κ3) is 14.6. The predicted molar refractivity (Wildman–Crippen MR) is 141 cm³/mol. The molecule has 0 aliphatic carbocycles. The molecule has 0 aliphatic heterocycles. The Balaban J connectivity index is 2.75. The Morgan fingerprint density at radius 2 is 1.19 bits per heavy atom. The molecule has 1 amide bonds. The lowest BCUT2D eigenvalue weighted by atomic mass is 10.1. The van der Waals surface area contributed by atoms with E-state index in [1.807, 2.05) is 0 Å². The van der Waals surface area contributed by atoms with Crippen molar-refractivity contribution in [1.82, 2.24) is 0 Å². The molecule has 0 spiro atoms. The summed E-state index contributed by atoms with van der Waals surface area (Å²) in [4.78, 5) is 37.0. The van der Waals surface area contributed by atoms with Gasteiger partial charge in [0.1, 0.15) is 0 Å². The Labute approximate surface area is 216 Å². The van der Waals surface area contributed by atoms with Crippen LogP contribution in [0.2, 0.25) is 0 Å². The van der Waals surface area contributed by atoms with Crippen LogP contribution in [0.1, 0.15) is 115 Å². The molecule has 0 fully saturated rings. The second kappa shape index (κ2) is 20.4. The first-order chi connectivity index (χ1) is 17.5. The van der Waals surface area contributed by atoms with Gasteiger partial charge in [-0.2, -0.15) is 0 Å². The summed E-state index contributed by atoms with van der Waals surface area (Å²) < 4.78 is 21.0. The molecule has 0 bridgehead atoms. The number of carbonyl (C=O) groups excluding carboxylic acids is 3. The smallest absolute Gasteiger partial charge is 0.462 e. The molecule has 204 valence electrons. The van der Waals surface area contributed by atoms with Gasteiger partial charge in [-0.15, -0.1) is 0 Å². The maximum absolute atomic E-state index is 12.5. The molecule has 0 heterocycles. The van der Waals surface area contributed by atoms with Crippen LogP contribution in [0.5, 0.6) is 5.75 Å². The number of anilines is 1. The quantitative estimate of drug-likeness (QED) is 0.0875. The third-order valence-corrected chi connectivity index (χ3v) is 5.58. The van der Waals surface area contributed by atoms with Crippen LogP contribution in [-0.4, -0.2) is 38.0 Å². The van der Waals surface area contributed by atoms with E-state index >= 15 is 0 Å². The first-order valence-corrected chi connectivity index (χ1v) is 13.6. The number of ether oxygens (including phenoxy) is 4. The largest absolute Gasteiger partial charge is 0.513 e. The van der Waals surface area contributed by atoms with Gasteiger partial charge in [0.05, 0.1) is 31.1 Å². The number of unbranched alkanes of at least 4 members (excludes halogenated alkanes) is 10. The van der Waals surface area contributed by atoms with Gasteiger partial charge < -0.3 is 18.9 Å². The zero-order chi connectivity index (χ0) is 26.4. The Kier molecular flexibility index (Phi) is 17.7. The van der Waals surface area contributed by atoms with Gasteiger partial charge in [-0.25, -0.2) is 14.4 Å². The molecular weight excluding hydrogens is 462 g/mol. The summed E-state index contributed by atoms with van der Waals surface area (Å²) in [6.45, 7) is 7.22. The molecule has 8 heteroatoms. The molecule has 0 unspecified atom stereocenters. The van der Waals surface area contributed by atoms with Gasteiger partial charge in [0.15, 0.2) is 5.75 Å². The maximum atomic E-state index is 12.5. The molecule has 8 nitrogen and oxygen atoms in total. The molecule has 1 aromatic carbocycles. The zero-order valence-corrected chi connectivity index (χ0v) is 22.4. The number of hydrogen-bond donors (Lipinski definition) is 1. The number of hydrogen-bond acceptors (Lipinski definition) is 7. The molecule has 1 rings (SSSR count). The SMILES string of the molecule is CCCCCCCOC(=O)c1ccc(OC(=O)OCCCCCC)c(NC(=O)OCCCCCC)c1. The van der Waals surface area contributed by atoms with E-state index in [9.17, 15) is 14.4 Å². The van der Waals surface area contributed by atoms with Crippen LogP contribution in [0.25, 0.3) is 0 Å². The van der Waals surface area contributed by atoms with E-state index in [1.54, 1.807) is 0 Å². The summed E-state index contributed by atoms with van der Waals surface area (Å²) in [5.41, 5.74) is 0.371. The molecule has 1 N–H and O–H groups in total. The van der Waals surface area contributed by atoms with E-state index < -0.39 is 18.2 Å². The fourth-order valence-corrected chi connectivity index (χ4v) is 3.44. The standard InChI is InChI=1S/C28H45NO7/c1-4-7-10-13-16-19-33-26(30)23-17-18-25(36-28(32)35-21-15-12-9-6-3)24(22-23)29-27(31)34-20-14-11-8-5-2/h17-18,22H,4-16,19-21H2,1-3H3,(H,29,31). The van der Waals surface area contributed by atoms with Crippen LogP contribution in [0.15, 0.2) is 18.2 Å². The van der Waals surface area contributed by atoms with Crippen molar-refractivity contribution >= 4 is 23.9 Å². The minimum atomic E-state index is -0.870. The van der Waals surface area contributed by atoms with Gasteiger partial charge >= 0.3 is 18.2 Å². The van der Waals surface area contributed by atoms with E-state index in [-0.39, 0.29) is 30.2 Å². The van der Waals surface area contributed by atoms with Gasteiger partial charge in [0, 0.05) is 0 Å². The highest BCUT2D eigenvalue weighted by molar-refractivity contribution is 5.94. The number of nitrogens with one attached hydrogen (secondary N) is 1. The molecular formula is C28H45NO7. The summed E-state index contributed by atoms with van der Waals surface area (Å²) in [7, 11) is 0. The van der Waals surface area contributed by atoms with Crippen molar-refractivity contribution in [3.63, 3.8) is 0 Å². The van der Waals surface area contributed by atoms with Crippen molar-refractivity contribution < 1.29 is 33.3 Å². The molecule has 0 saturated heterocycles. The van der Waals surface area contributed by atoms with Crippen molar-refractivity contribution in [3.8, 4) is 5.75 Å². The first-order valence-electron chi connectivity index (χ1n) is 13.6. The Hall–Kier alpha value is -2.77. The Morgan fingerprint density at radius 3 is 1.81 bits per heavy atom. The first kappa shape index (κ1) is 31.3. The Bertz CT molecular complexity index is 766. The molecule has 36 heavy (non-hydrogen) atoms. The van der Waals surface area contributed by atoms with Crippen LogP contribution in [0, 0.1) is 0 Å². The topological polar surface area (TPSA) is 100 Å². The summed E-state index contributed by atoms with van der Waals surface area (Å²) in [5.74, 6) is -0.445. The molecule has 1 aromatic rings. The average molecular weight is 508 g/mol. The van der Waals surface area contributed by atoms with E-state index in [2.05, 4.69) is 26.1 Å². The van der Waals surface area contributed by atoms with Gasteiger partial charge in [0.2, 0.25) is 0 Å². The summed E-state index contributed by atoms with van der Waals surface area (Å²) >= 11 is 0. The van der Waals surface area contributed by atoms with E-state index in [4.69, 9.17) is 18.9 Å². The van der Waals surface area contributed by atoms with Gasteiger partial charge in [-0.05, 0) is 37.5 Å². The fraction of sp³-hybridized carbons (Fsp3) is 0.679. The number of amides is 1. The lowest BCUT2D eigenvalue weighted by Crippen LogP contribution is -2.18. The molecule has 0 aromatic heterocycles. The number of carbonyl (C=O) groups is 3. The highest BCUT2D eigenvalue weighted by atomic mass is 16.7. The van der Waals surface area contributed by atoms with E-state index in [0.29, 0.717) is 6.61 Å². The van der Waals surface area contributed by atoms with Crippen molar-refractivity contribution in [2.75, 3.05) is 25.1 Å². The van der Waals surface area contributed by atoms with Crippen molar-refractivity contribution in [1.29, 1.82) is 0 Å². The molecule has 0 saturated carbocycles. The van der Waals surface area contributed by atoms with Gasteiger partial charge in [0.25, 0.3) is 0 Å². The fourth-order valence-electron chi connectivity index (χ4n) is 3.44. The van der Waals surface area contributed by atoms with Crippen molar-refractivity contribution in [2.45, 2.75) is 104 Å². The predicted octanol–water partition coefficient (Wildman–Crippen LogP) is 8.04. The van der Waals surface area contributed by atoms with Crippen LogP contribution in [0.4, 0.5) is 15.3 Å². The Morgan fingerprint density at radius 1 is 0.667 bits per heavy atom. The van der Waals surface area contributed by atoms with Crippen molar-refractivity contribution in [3.05, 3.63) is 23.8 Å². The van der Waals surface area contributed by atoms with Gasteiger partial charge in [-0.1, -0.05) is 85.0 Å². The van der Waals surface area contributed by atoms with E-state index in [1.165, 1.54) is 24.6 Å². The monoisotopic (exact) mass is 507 g/mol.